The summed E-state index contributed by atoms with van der Waals surface area (Å²) in [5, 5.41) is 0. The van der Waals surface area contributed by atoms with Crippen LogP contribution in [0.15, 0.2) is 0 Å². The van der Waals surface area contributed by atoms with Gasteiger partial charge in [0, 0.05) is 0 Å². The van der Waals surface area contributed by atoms with Crippen LogP contribution in [-0.2, 0) is 23.8 Å². The van der Waals surface area contributed by atoms with Crippen LogP contribution >= 0.6 is 0 Å². The van der Waals surface area contributed by atoms with Gasteiger partial charge in [-0.15, -0.1) is 0 Å². The molecule has 1 saturated carbocycles. The summed E-state index contributed by atoms with van der Waals surface area (Å²) in [4.78, 5) is 23.3. The third kappa shape index (κ3) is 4.29. The van der Waals surface area contributed by atoms with Crippen molar-refractivity contribution in [2.75, 3.05) is 20.3 Å². The van der Waals surface area contributed by atoms with Crippen molar-refractivity contribution >= 4 is 11.9 Å². The van der Waals surface area contributed by atoms with Crippen LogP contribution in [0.1, 0.15) is 33.1 Å². The largest absolute Gasteiger partial charge is 0.469 e. The number of methoxy groups -OCH3 is 1. The number of ether oxygens (including phenoxy) is 3. The fourth-order valence-corrected chi connectivity index (χ4v) is 2.21. The monoisotopic (exact) mass is 258 g/mol. The van der Waals surface area contributed by atoms with Crippen LogP contribution in [0.2, 0.25) is 0 Å². The smallest absolute Gasteiger partial charge is 0.309 e. The Hall–Kier alpha value is -1.10. The molecule has 1 aliphatic rings. The van der Waals surface area contributed by atoms with E-state index in [1.165, 1.54) is 7.11 Å². The second-order valence-electron chi connectivity index (χ2n) is 4.75. The number of rotatable bonds is 6. The van der Waals surface area contributed by atoms with Crippen molar-refractivity contribution < 1.29 is 23.8 Å². The molecule has 0 bridgehead atoms. The highest BCUT2D eigenvalue weighted by Gasteiger charge is 2.39. The molecule has 1 rings (SSSR count). The maximum absolute atomic E-state index is 11.8. The zero-order valence-corrected chi connectivity index (χ0v) is 11.3. The van der Waals surface area contributed by atoms with Crippen molar-refractivity contribution in [1.29, 1.82) is 0 Å². The normalized spacial score (nSPS) is 23.1. The average Bonchev–Trinajstić information content (AvgIpc) is 2.82. The van der Waals surface area contributed by atoms with Crippen LogP contribution in [-0.4, -0.2) is 38.4 Å². The highest BCUT2D eigenvalue weighted by atomic mass is 16.6. The van der Waals surface area contributed by atoms with Gasteiger partial charge in [-0.3, -0.25) is 9.59 Å². The molecule has 5 heteroatoms. The first kappa shape index (κ1) is 15.0. The summed E-state index contributed by atoms with van der Waals surface area (Å²) in [5.74, 6) is -1.31. The quantitative estimate of drug-likeness (QED) is 0.534. The van der Waals surface area contributed by atoms with Gasteiger partial charge in [0.05, 0.1) is 31.7 Å². The van der Waals surface area contributed by atoms with Crippen molar-refractivity contribution in [2.45, 2.75) is 39.2 Å². The van der Waals surface area contributed by atoms with Crippen LogP contribution in [0.3, 0.4) is 0 Å². The van der Waals surface area contributed by atoms with E-state index in [0.29, 0.717) is 19.4 Å². The Bertz CT molecular complexity index is 287. The molecule has 0 saturated heterocycles. The summed E-state index contributed by atoms with van der Waals surface area (Å²) in [6.45, 7) is 4.47. The Morgan fingerprint density at radius 3 is 2.28 bits per heavy atom. The van der Waals surface area contributed by atoms with Crippen LogP contribution in [0.25, 0.3) is 0 Å². The van der Waals surface area contributed by atoms with E-state index in [-0.39, 0.29) is 36.5 Å². The Balaban J connectivity index is 2.34. The molecular weight excluding hydrogens is 236 g/mol. The lowest BCUT2D eigenvalue weighted by atomic mass is 9.96. The molecule has 0 amide bonds. The summed E-state index contributed by atoms with van der Waals surface area (Å²) in [6.07, 6.45) is 2.39. The maximum atomic E-state index is 11.8. The summed E-state index contributed by atoms with van der Waals surface area (Å²) < 4.78 is 15.1. The maximum Gasteiger partial charge on any atom is 0.309 e. The first-order valence-electron chi connectivity index (χ1n) is 6.42. The first-order chi connectivity index (χ1) is 8.56. The number of esters is 2. The Kier molecular flexibility index (Phi) is 6.12. The molecule has 0 aliphatic heterocycles. The molecule has 0 unspecified atom stereocenters. The van der Waals surface area contributed by atoms with E-state index in [0.717, 1.165) is 6.42 Å². The molecule has 0 spiro atoms. The topological polar surface area (TPSA) is 61.8 Å². The molecule has 0 aromatic heterocycles. The molecule has 0 aromatic rings. The Morgan fingerprint density at radius 2 is 1.72 bits per heavy atom. The molecule has 2 atom stereocenters. The van der Waals surface area contributed by atoms with Gasteiger partial charge in [-0.2, -0.15) is 0 Å². The van der Waals surface area contributed by atoms with Gasteiger partial charge < -0.3 is 14.2 Å². The van der Waals surface area contributed by atoms with E-state index in [9.17, 15) is 9.59 Å². The number of hydrogen-bond donors (Lipinski definition) is 0. The molecule has 0 radical (unpaired) electrons. The lowest BCUT2D eigenvalue weighted by molar-refractivity contribution is -0.159. The molecule has 1 aliphatic carbocycles. The van der Waals surface area contributed by atoms with Crippen molar-refractivity contribution in [3.05, 3.63) is 0 Å². The standard InChI is InChI=1S/C13H22O5/c1-9(2)17-7-8-18-13(15)11-6-4-5-10(11)12(14)16-3/h9-11H,4-8H2,1-3H3/t10-,11-/m1/s1. The van der Waals surface area contributed by atoms with Gasteiger partial charge in [0.25, 0.3) is 0 Å². The van der Waals surface area contributed by atoms with Gasteiger partial charge in [-0.05, 0) is 26.7 Å². The van der Waals surface area contributed by atoms with Gasteiger partial charge in [0.2, 0.25) is 0 Å². The Morgan fingerprint density at radius 1 is 1.11 bits per heavy atom. The van der Waals surface area contributed by atoms with E-state index in [1.807, 2.05) is 13.8 Å². The van der Waals surface area contributed by atoms with E-state index in [4.69, 9.17) is 14.2 Å². The van der Waals surface area contributed by atoms with Gasteiger partial charge in [-0.25, -0.2) is 0 Å². The van der Waals surface area contributed by atoms with E-state index in [2.05, 4.69) is 0 Å². The van der Waals surface area contributed by atoms with Gasteiger partial charge in [0.1, 0.15) is 6.61 Å². The van der Waals surface area contributed by atoms with E-state index < -0.39 is 0 Å². The zero-order valence-electron chi connectivity index (χ0n) is 11.3. The molecule has 5 nitrogen and oxygen atoms in total. The molecule has 0 heterocycles. The van der Waals surface area contributed by atoms with Crippen molar-refractivity contribution in [2.24, 2.45) is 11.8 Å². The van der Waals surface area contributed by atoms with Gasteiger partial charge >= 0.3 is 11.9 Å². The summed E-state index contributed by atoms with van der Waals surface area (Å²) in [7, 11) is 1.35. The fourth-order valence-electron chi connectivity index (χ4n) is 2.21. The minimum atomic E-state index is -0.350. The minimum Gasteiger partial charge on any atom is -0.469 e. The predicted molar refractivity (Wildman–Crippen MR) is 64.9 cm³/mol. The van der Waals surface area contributed by atoms with Crippen LogP contribution in [0, 0.1) is 11.8 Å². The SMILES string of the molecule is COC(=O)[C@@H]1CCC[C@H]1C(=O)OCCOC(C)C. The number of hydrogen-bond acceptors (Lipinski definition) is 5. The van der Waals surface area contributed by atoms with Crippen LogP contribution < -0.4 is 0 Å². The Labute approximate surface area is 108 Å². The van der Waals surface area contributed by atoms with Crippen molar-refractivity contribution in [1.82, 2.24) is 0 Å². The molecular formula is C13H22O5. The first-order valence-corrected chi connectivity index (χ1v) is 6.42. The minimum absolute atomic E-state index is 0.123. The van der Waals surface area contributed by atoms with Gasteiger partial charge in [-0.1, -0.05) is 6.42 Å². The summed E-state index contributed by atoms with van der Waals surface area (Å²) in [6, 6.07) is 0. The lowest BCUT2D eigenvalue weighted by Gasteiger charge is -2.16. The van der Waals surface area contributed by atoms with Gasteiger partial charge in [0.15, 0.2) is 0 Å². The average molecular weight is 258 g/mol. The summed E-state index contributed by atoms with van der Waals surface area (Å²) >= 11 is 0. The fraction of sp³-hybridized carbons (Fsp3) is 0.846. The second-order valence-corrected chi connectivity index (χ2v) is 4.75. The van der Waals surface area contributed by atoms with Crippen molar-refractivity contribution in [3.8, 4) is 0 Å². The van der Waals surface area contributed by atoms with Crippen LogP contribution in [0.5, 0.6) is 0 Å². The number of carbonyl (C=O) groups is 2. The predicted octanol–water partition coefficient (Wildman–Crippen LogP) is 1.54. The second kappa shape index (κ2) is 7.36. The molecule has 1 fully saturated rings. The van der Waals surface area contributed by atoms with E-state index >= 15 is 0 Å². The van der Waals surface area contributed by atoms with Crippen molar-refractivity contribution in [3.63, 3.8) is 0 Å². The molecule has 18 heavy (non-hydrogen) atoms. The highest BCUT2D eigenvalue weighted by Crippen LogP contribution is 2.33. The molecule has 104 valence electrons. The zero-order chi connectivity index (χ0) is 13.5. The molecule has 0 aromatic carbocycles. The molecule has 0 N–H and O–H groups in total. The highest BCUT2D eigenvalue weighted by molar-refractivity contribution is 5.82. The third-order valence-corrected chi connectivity index (χ3v) is 3.10. The third-order valence-electron chi connectivity index (χ3n) is 3.10. The lowest BCUT2D eigenvalue weighted by Crippen LogP contribution is -2.28. The van der Waals surface area contributed by atoms with E-state index in [1.54, 1.807) is 0 Å². The number of carbonyl (C=O) groups excluding carboxylic acids is 2. The summed E-state index contributed by atoms with van der Waals surface area (Å²) in [5.41, 5.74) is 0. The van der Waals surface area contributed by atoms with Crippen LogP contribution in [0.4, 0.5) is 0 Å².